The minimum absolute atomic E-state index is 0.114. The van der Waals surface area contributed by atoms with Crippen LogP contribution in [-0.4, -0.2) is 19.3 Å². The van der Waals surface area contributed by atoms with Crippen molar-refractivity contribution in [3.05, 3.63) is 29.6 Å². The summed E-state index contributed by atoms with van der Waals surface area (Å²) in [5.41, 5.74) is 0.923. The lowest BCUT2D eigenvalue weighted by atomic mass is 10.0. The summed E-state index contributed by atoms with van der Waals surface area (Å²) in [4.78, 5) is 0. The molecule has 0 bridgehead atoms. The van der Waals surface area contributed by atoms with Gasteiger partial charge in [0.15, 0.2) is 0 Å². The van der Waals surface area contributed by atoms with Crippen LogP contribution in [0.3, 0.4) is 0 Å². The van der Waals surface area contributed by atoms with Gasteiger partial charge in [0.2, 0.25) is 0 Å². The normalized spacial score (nSPS) is 20.4. The lowest BCUT2D eigenvalue weighted by molar-refractivity contribution is 0.140. The Morgan fingerprint density at radius 3 is 2.88 bits per heavy atom. The molecule has 1 saturated heterocycles. The van der Waals surface area contributed by atoms with E-state index in [9.17, 15) is 4.39 Å². The highest BCUT2D eigenvalue weighted by molar-refractivity contribution is 5.36. The molecule has 0 aliphatic carbocycles. The summed E-state index contributed by atoms with van der Waals surface area (Å²) in [5, 5.41) is 0. The van der Waals surface area contributed by atoms with Crippen molar-refractivity contribution in [2.45, 2.75) is 32.3 Å². The van der Waals surface area contributed by atoms with Crippen LogP contribution in [0.15, 0.2) is 18.2 Å². The minimum Gasteiger partial charge on any atom is -0.488 e. The lowest BCUT2D eigenvalue weighted by Crippen LogP contribution is -2.16. The highest BCUT2D eigenvalue weighted by atomic mass is 19.1. The van der Waals surface area contributed by atoms with Crippen LogP contribution < -0.4 is 4.74 Å². The molecule has 1 fully saturated rings. The topological polar surface area (TPSA) is 18.5 Å². The predicted molar refractivity (Wildman–Crippen MR) is 60.3 cm³/mol. The molecule has 0 saturated carbocycles. The van der Waals surface area contributed by atoms with Crippen molar-refractivity contribution >= 4 is 0 Å². The summed E-state index contributed by atoms with van der Waals surface area (Å²) >= 11 is 0. The Balaban J connectivity index is 2.18. The van der Waals surface area contributed by atoms with Crippen LogP contribution in [-0.2, 0) is 4.74 Å². The van der Waals surface area contributed by atoms with E-state index in [0.717, 1.165) is 24.3 Å². The molecule has 0 spiro atoms. The van der Waals surface area contributed by atoms with E-state index in [4.69, 9.17) is 9.47 Å². The third-order valence-electron chi connectivity index (χ3n) is 2.78. The minimum atomic E-state index is -0.210. The van der Waals surface area contributed by atoms with Crippen molar-refractivity contribution in [2.75, 3.05) is 13.2 Å². The molecule has 3 heteroatoms. The van der Waals surface area contributed by atoms with Gasteiger partial charge in [-0.1, -0.05) is 13.8 Å². The first-order valence-corrected chi connectivity index (χ1v) is 5.70. The highest BCUT2D eigenvalue weighted by Crippen LogP contribution is 2.29. The lowest BCUT2D eigenvalue weighted by Gasteiger charge is -2.17. The van der Waals surface area contributed by atoms with E-state index in [2.05, 4.69) is 0 Å². The molecule has 1 aromatic rings. The summed E-state index contributed by atoms with van der Waals surface area (Å²) < 4.78 is 24.2. The Labute approximate surface area is 95.4 Å². The van der Waals surface area contributed by atoms with Crippen molar-refractivity contribution in [3.8, 4) is 5.75 Å². The second kappa shape index (κ2) is 4.83. The Hall–Kier alpha value is -1.09. The molecule has 2 nitrogen and oxygen atoms in total. The van der Waals surface area contributed by atoms with Gasteiger partial charge >= 0.3 is 0 Å². The Morgan fingerprint density at radius 2 is 2.25 bits per heavy atom. The maximum atomic E-state index is 13.1. The van der Waals surface area contributed by atoms with Crippen LogP contribution >= 0.6 is 0 Å². The van der Waals surface area contributed by atoms with Crippen LogP contribution in [0.5, 0.6) is 5.75 Å². The summed E-state index contributed by atoms with van der Waals surface area (Å²) in [5.74, 6) is 0.832. The molecule has 88 valence electrons. The zero-order valence-electron chi connectivity index (χ0n) is 9.70. The molecule has 1 unspecified atom stereocenters. The third kappa shape index (κ3) is 2.53. The largest absolute Gasteiger partial charge is 0.488 e. The number of rotatable bonds is 3. The molecule has 1 aliphatic heterocycles. The highest BCUT2D eigenvalue weighted by Gasteiger charge is 2.19. The van der Waals surface area contributed by atoms with E-state index in [-0.39, 0.29) is 17.8 Å². The van der Waals surface area contributed by atoms with Gasteiger partial charge in [0, 0.05) is 6.42 Å². The molecule has 0 N–H and O–H groups in total. The van der Waals surface area contributed by atoms with E-state index in [0.29, 0.717) is 6.61 Å². The predicted octanol–water partition coefficient (Wildman–Crippen LogP) is 3.12. The van der Waals surface area contributed by atoms with Gasteiger partial charge in [0.1, 0.15) is 17.7 Å². The maximum absolute atomic E-state index is 13.1. The fourth-order valence-corrected chi connectivity index (χ4v) is 1.86. The van der Waals surface area contributed by atoms with Crippen LogP contribution in [0.4, 0.5) is 4.39 Å². The smallest absolute Gasteiger partial charge is 0.124 e. The average molecular weight is 224 g/mol. The first-order chi connectivity index (χ1) is 7.66. The number of benzene rings is 1. The van der Waals surface area contributed by atoms with Gasteiger partial charge in [-0.05, 0) is 29.7 Å². The van der Waals surface area contributed by atoms with Crippen molar-refractivity contribution in [3.63, 3.8) is 0 Å². The molecule has 1 heterocycles. The summed E-state index contributed by atoms with van der Waals surface area (Å²) in [7, 11) is 0. The first-order valence-electron chi connectivity index (χ1n) is 5.70. The molecule has 0 aromatic heterocycles. The van der Waals surface area contributed by atoms with Crippen molar-refractivity contribution in [1.29, 1.82) is 0 Å². The van der Waals surface area contributed by atoms with Crippen LogP contribution in [0, 0.1) is 5.82 Å². The molecular formula is C13H17FO2. The summed E-state index contributed by atoms with van der Waals surface area (Å²) in [6.07, 6.45) is 1.03. The molecule has 2 rings (SSSR count). The van der Waals surface area contributed by atoms with Crippen molar-refractivity contribution in [2.24, 2.45) is 0 Å². The van der Waals surface area contributed by atoms with Gasteiger partial charge in [0.05, 0.1) is 13.2 Å². The van der Waals surface area contributed by atoms with E-state index in [1.807, 2.05) is 13.8 Å². The van der Waals surface area contributed by atoms with Crippen molar-refractivity contribution in [1.82, 2.24) is 0 Å². The second-order valence-electron chi connectivity index (χ2n) is 4.44. The van der Waals surface area contributed by atoms with Crippen LogP contribution in [0.2, 0.25) is 0 Å². The number of ether oxygens (including phenoxy) is 2. The maximum Gasteiger partial charge on any atom is 0.124 e. The van der Waals surface area contributed by atoms with Gasteiger partial charge < -0.3 is 9.47 Å². The molecule has 16 heavy (non-hydrogen) atoms. The average Bonchev–Trinajstić information content (AvgIpc) is 2.73. The van der Waals surface area contributed by atoms with Crippen LogP contribution in [0.1, 0.15) is 31.7 Å². The van der Waals surface area contributed by atoms with Crippen LogP contribution in [0.25, 0.3) is 0 Å². The monoisotopic (exact) mass is 224 g/mol. The molecule has 1 aliphatic rings. The number of hydrogen-bond acceptors (Lipinski definition) is 2. The Bertz CT molecular complexity index is 357. The zero-order chi connectivity index (χ0) is 11.5. The first kappa shape index (κ1) is 11.4. The Kier molecular flexibility index (Phi) is 3.44. The zero-order valence-corrected chi connectivity index (χ0v) is 9.70. The Morgan fingerprint density at radius 1 is 1.44 bits per heavy atom. The van der Waals surface area contributed by atoms with Gasteiger partial charge in [-0.15, -0.1) is 0 Å². The second-order valence-corrected chi connectivity index (χ2v) is 4.44. The van der Waals surface area contributed by atoms with E-state index < -0.39 is 0 Å². The van der Waals surface area contributed by atoms with Crippen molar-refractivity contribution < 1.29 is 13.9 Å². The van der Waals surface area contributed by atoms with Gasteiger partial charge in [-0.2, -0.15) is 0 Å². The standard InChI is InChI=1S/C13H17FO2/c1-9(2)12-7-10(14)3-4-13(12)16-11-5-6-15-8-11/h3-4,7,9,11H,5-6,8H2,1-2H3. The fourth-order valence-electron chi connectivity index (χ4n) is 1.86. The molecule has 0 amide bonds. The molecule has 1 atom stereocenters. The fraction of sp³-hybridized carbons (Fsp3) is 0.538. The van der Waals surface area contributed by atoms with Gasteiger partial charge in [-0.3, -0.25) is 0 Å². The van der Waals surface area contributed by atoms with E-state index in [1.54, 1.807) is 12.1 Å². The SMILES string of the molecule is CC(C)c1cc(F)ccc1OC1CCOC1. The summed E-state index contributed by atoms with van der Waals surface area (Å²) in [6, 6.07) is 4.70. The third-order valence-corrected chi connectivity index (χ3v) is 2.78. The van der Waals surface area contributed by atoms with E-state index >= 15 is 0 Å². The number of hydrogen-bond donors (Lipinski definition) is 0. The quantitative estimate of drug-likeness (QED) is 0.785. The number of halogens is 1. The molecule has 0 radical (unpaired) electrons. The summed E-state index contributed by atoms with van der Waals surface area (Å²) in [6.45, 7) is 5.46. The van der Waals surface area contributed by atoms with E-state index in [1.165, 1.54) is 6.07 Å². The molecule has 1 aromatic carbocycles. The molecular weight excluding hydrogens is 207 g/mol. The van der Waals surface area contributed by atoms with Gasteiger partial charge in [-0.25, -0.2) is 4.39 Å². The van der Waals surface area contributed by atoms with Gasteiger partial charge in [0.25, 0.3) is 0 Å².